The van der Waals surface area contributed by atoms with Crippen LogP contribution < -0.4 is 0 Å². The topological polar surface area (TPSA) is 249 Å². The molecule has 0 aliphatic carbocycles. The average Bonchev–Trinajstić information content (AvgIpc) is 2.78. The maximum Gasteiger partial charge on any atom is 0.270 e. The SMILES string of the molecule is CC.CC/C=C/CS(=O)(=O)O.CCC1CS(=O)(=O)O1.CCC1CS(=O)(=O)O1.CCCCCS(=O)(=O)O.CO.[OH3+]. The van der Waals surface area contributed by atoms with E-state index in [1.165, 1.54) is 6.08 Å². The number of rotatable bonds is 9. The van der Waals surface area contributed by atoms with Crippen LogP contribution in [-0.2, 0) is 54.3 Å². The largest absolute Gasteiger partial charge is 0.457 e. The van der Waals surface area contributed by atoms with E-state index in [1.807, 2.05) is 41.5 Å². The Morgan fingerprint density at radius 2 is 1.10 bits per heavy atom. The molecule has 0 aromatic rings. The van der Waals surface area contributed by atoms with Gasteiger partial charge in [-0.3, -0.25) is 17.5 Å². The van der Waals surface area contributed by atoms with Crippen molar-refractivity contribution in [1.29, 1.82) is 0 Å². The Morgan fingerprint density at radius 3 is 1.28 bits per heavy atom. The highest BCUT2D eigenvalue weighted by atomic mass is 32.2. The van der Waals surface area contributed by atoms with Crippen LogP contribution in [0.15, 0.2) is 12.2 Å². The Balaban J connectivity index is -0.000000125. The average molecular weight is 656 g/mol. The number of allylic oxidation sites excluding steroid dienone is 1. The number of unbranched alkanes of at least 4 members (excludes halogenated alkanes) is 2. The lowest BCUT2D eigenvalue weighted by atomic mass is 10.3. The van der Waals surface area contributed by atoms with Crippen molar-refractivity contribution in [2.45, 2.75) is 92.3 Å². The van der Waals surface area contributed by atoms with Crippen LogP contribution in [0.1, 0.15) is 80.1 Å². The van der Waals surface area contributed by atoms with E-state index in [0.29, 0.717) is 6.42 Å². The van der Waals surface area contributed by atoms with Crippen LogP contribution in [-0.4, -0.2) is 90.2 Å². The smallest absolute Gasteiger partial charge is 0.270 e. The van der Waals surface area contributed by atoms with Crippen LogP contribution in [0.3, 0.4) is 0 Å². The van der Waals surface area contributed by atoms with Gasteiger partial charge in [-0.1, -0.05) is 66.5 Å². The van der Waals surface area contributed by atoms with E-state index in [9.17, 15) is 33.7 Å². The molecule has 18 heteroatoms. The van der Waals surface area contributed by atoms with Gasteiger partial charge < -0.3 is 10.6 Å². The fourth-order valence-electron chi connectivity index (χ4n) is 2.12. The minimum Gasteiger partial charge on any atom is -0.457 e. The molecule has 2 aliphatic rings. The number of aliphatic hydroxyl groups excluding tert-OH is 1. The van der Waals surface area contributed by atoms with Gasteiger partial charge in [0.25, 0.3) is 40.5 Å². The molecule has 2 heterocycles. The van der Waals surface area contributed by atoms with Gasteiger partial charge in [0.15, 0.2) is 0 Å². The maximum absolute atomic E-state index is 10.2. The first kappa shape index (κ1) is 48.1. The highest BCUT2D eigenvalue weighted by Gasteiger charge is 2.33. The molecular formula is C21H51O14S4+. The van der Waals surface area contributed by atoms with Crippen molar-refractivity contribution in [2.24, 2.45) is 0 Å². The summed E-state index contributed by atoms with van der Waals surface area (Å²) < 4.78 is 106. The molecule has 242 valence electrons. The fraction of sp³-hybridized carbons (Fsp3) is 0.905. The molecule has 39 heavy (non-hydrogen) atoms. The summed E-state index contributed by atoms with van der Waals surface area (Å²) in [6.45, 7) is 11.7. The van der Waals surface area contributed by atoms with E-state index in [4.69, 9.17) is 14.2 Å². The zero-order chi connectivity index (χ0) is 31.1. The van der Waals surface area contributed by atoms with Crippen LogP contribution >= 0.6 is 0 Å². The Kier molecular flexibility index (Phi) is 32.3. The Hall–Kier alpha value is -0.700. The van der Waals surface area contributed by atoms with Gasteiger partial charge in [-0.15, -0.1) is 0 Å². The second kappa shape index (κ2) is 26.2. The van der Waals surface area contributed by atoms with Crippen LogP contribution in [0.2, 0.25) is 0 Å². The van der Waals surface area contributed by atoms with Crippen molar-refractivity contribution in [1.82, 2.24) is 0 Å². The third-order valence-electron chi connectivity index (χ3n) is 3.97. The molecule has 0 spiro atoms. The highest BCUT2D eigenvalue weighted by Crippen LogP contribution is 2.18. The van der Waals surface area contributed by atoms with Crippen molar-refractivity contribution < 1.29 is 61.7 Å². The van der Waals surface area contributed by atoms with E-state index in [1.54, 1.807) is 6.08 Å². The fourth-order valence-corrected chi connectivity index (χ4v) is 5.52. The summed E-state index contributed by atoms with van der Waals surface area (Å²) in [6.07, 6.45) is 7.82. The molecule has 0 bridgehead atoms. The normalized spacial score (nSPS) is 19.8. The summed E-state index contributed by atoms with van der Waals surface area (Å²) in [4.78, 5) is 0. The zero-order valence-corrected chi connectivity index (χ0v) is 27.3. The van der Waals surface area contributed by atoms with Gasteiger partial charge in [0.1, 0.15) is 11.5 Å². The van der Waals surface area contributed by atoms with Crippen LogP contribution in [0.4, 0.5) is 0 Å². The molecule has 2 atom stereocenters. The molecule has 0 amide bonds. The van der Waals surface area contributed by atoms with Crippen LogP contribution in [0.25, 0.3) is 0 Å². The van der Waals surface area contributed by atoms with Crippen molar-refractivity contribution in [3.05, 3.63) is 12.2 Å². The summed E-state index contributed by atoms with van der Waals surface area (Å²) in [6, 6.07) is 0. The predicted molar refractivity (Wildman–Crippen MR) is 154 cm³/mol. The van der Waals surface area contributed by atoms with Gasteiger partial charge >= 0.3 is 0 Å². The number of aliphatic hydroxyl groups is 1. The summed E-state index contributed by atoms with van der Waals surface area (Å²) in [5, 5.41) is 7.00. The molecule has 0 saturated carbocycles. The summed E-state index contributed by atoms with van der Waals surface area (Å²) in [5.41, 5.74) is 0. The quantitative estimate of drug-likeness (QED) is 0.106. The summed E-state index contributed by atoms with van der Waals surface area (Å²) >= 11 is 0. The predicted octanol–water partition coefficient (Wildman–Crippen LogP) is 1.87. The molecule has 0 radical (unpaired) electrons. The van der Waals surface area contributed by atoms with E-state index in [-0.39, 0.29) is 40.7 Å². The first-order chi connectivity index (χ1) is 17.4. The molecule has 0 aromatic carbocycles. The van der Waals surface area contributed by atoms with Gasteiger partial charge in [0.05, 0.1) is 23.7 Å². The molecule has 0 aromatic heterocycles. The van der Waals surface area contributed by atoms with E-state index >= 15 is 0 Å². The van der Waals surface area contributed by atoms with E-state index < -0.39 is 40.5 Å². The van der Waals surface area contributed by atoms with Gasteiger partial charge in [0, 0.05) is 7.11 Å². The van der Waals surface area contributed by atoms with Gasteiger partial charge in [-0.05, 0) is 25.7 Å². The Morgan fingerprint density at radius 1 is 0.744 bits per heavy atom. The molecular weight excluding hydrogens is 604 g/mol. The number of hydrogen-bond donors (Lipinski definition) is 3. The lowest BCUT2D eigenvalue weighted by molar-refractivity contribution is 0.175. The van der Waals surface area contributed by atoms with Crippen LogP contribution in [0.5, 0.6) is 0 Å². The van der Waals surface area contributed by atoms with Crippen molar-refractivity contribution >= 4 is 40.5 Å². The monoisotopic (exact) mass is 655 g/mol. The minimum absolute atomic E-state index is 0. The molecule has 2 rings (SSSR count). The standard InChI is InChI=1S/C5H12O3S.C5H10O3S.2C4H8O3S.C2H6.CH4O.H2O/c2*1-2-3-4-5-9(6,7)8;2*1-2-4-3-8(5,6)7-4;2*1-2;/h2-5H2,1H3,(H,6,7,8);3-4H,2,5H2,1H3,(H,6,7,8);2*4H,2-3H2,1H3;1-2H3;2H,1H3;1H2/p+1/b;4-3+;;;;;. The lowest BCUT2D eigenvalue weighted by Crippen LogP contribution is -2.37. The molecule has 6 N–H and O–H groups in total. The molecule has 14 nitrogen and oxygen atoms in total. The van der Waals surface area contributed by atoms with Gasteiger partial charge in [-0.2, -0.15) is 33.7 Å². The third-order valence-corrected chi connectivity index (χ3v) is 8.08. The maximum atomic E-state index is 10.2. The first-order valence-electron chi connectivity index (χ1n) is 12.2. The molecule has 2 fully saturated rings. The minimum atomic E-state index is -3.78. The van der Waals surface area contributed by atoms with Gasteiger partial charge in [-0.25, -0.2) is 0 Å². The van der Waals surface area contributed by atoms with Gasteiger partial charge in [0.2, 0.25) is 0 Å². The molecule has 2 unspecified atom stereocenters. The number of hydrogen-bond acceptors (Lipinski definition) is 11. The van der Waals surface area contributed by atoms with Crippen molar-refractivity contribution in [2.75, 3.05) is 30.1 Å². The third kappa shape index (κ3) is 37.3. The lowest BCUT2D eigenvalue weighted by Gasteiger charge is -2.23. The molecule has 2 saturated heterocycles. The van der Waals surface area contributed by atoms with Crippen molar-refractivity contribution in [3.63, 3.8) is 0 Å². The summed E-state index contributed by atoms with van der Waals surface area (Å²) in [7, 11) is -12.6. The molecule has 2 aliphatic heterocycles. The Bertz CT molecular complexity index is 937. The van der Waals surface area contributed by atoms with E-state index in [0.717, 1.165) is 39.2 Å². The Labute approximate surface area is 236 Å². The van der Waals surface area contributed by atoms with Crippen LogP contribution in [0, 0.1) is 0 Å². The zero-order valence-electron chi connectivity index (χ0n) is 24.0. The summed E-state index contributed by atoms with van der Waals surface area (Å²) in [5.74, 6) is 0.0503. The second-order valence-corrected chi connectivity index (χ2v) is 13.7. The highest BCUT2D eigenvalue weighted by molar-refractivity contribution is 7.88. The second-order valence-electron chi connectivity index (χ2n) is 7.32. The van der Waals surface area contributed by atoms with Crippen molar-refractivity contribution in [3.8, 4) is 0 Å². The first-order valence-corrected chi connectivity index (χ1v) is 18.6. The van der Waals surface area contributed by atoms with E-state index in [2.05, 4.69) is 8.37 Å².